The lowest BCUT2D eigenvalue weighted by molar-refractivity contribution is -0.119. The van der Waals surface area contributed by atoms with Gasteiger partial charge in [-0.25, -0.2) is 4.98 Å². The van der Waals surface area contributed by atoms with Crippen molar-refractivity contribution in [3.8, 4) is 0 Å². The second kappa shape index (κ2) is 7.53. The van der Waals surface area contributed by atoms with Gasteiger partial charge < -0.3 is 10.2 Å². The van der Waals surface area contributed by atoms with Crippen LogP contribution in [0.1, 0.15) is 18.2 Å². The van der Waals surface area contributed by atoms with Gasteiger partial charge in [0, 0.05) is 49.0 Å². The van der Waals surface area contributed by atoms with Crippen molar-refractivity contribution in [1.29, 1.82) is 0 Å². The number of carbonyl (C=O) groups excluding carboxylic acids is 1. The van der Waals surface area contributed by atoms with Gasteiger partial charge in [0.15, 0.2) is 5.16 Å². The van der Waals surface area contributed by atoms with E-state index in [-0.39, 0.29) is 17.4 Å². The highest BCUT2D eigenvalue weighted by Gasteiger charge is 2.28. The molecule has 26 heavy (non-hydrogen) atoms. The molecular weight excluding hydrogens is 348 g/mol. The topological polar surface area (TPSA) is 67.2 Å². The number of hydrogen-bond acceptors (Lipinski definition) is 5. The van der Waals surface area contributed by atoms with Crippen molar-refractivity contribution in [3.63, 3.8) is 0 Å². The minimum Gasteiger partial charge on any atom is -0.378 e. The van der Waals surface area contributed by atoms with E-state index >= 15 is 0 Å². The van der Waals surface area contributed by atoms with E-state index in [4.69, 9.17) is 0 Å². The highest BCUT2D eigenvalue weighted by molar-refractivity contribution is 7.99. The second-order valence-corrected chi connectivity index (χ2v) is 7.65. The smallest absolute Gasteiger partial charge is 0.257 e. The van der Waals surface area contributed by atoms with E-state index in [0.29, 0.717) is 23.9 Å². The highest BCUT2D eigenvalue weighted by atomic mass is 32.2. The molecule has 0 aliphatic carbocycles. The normalized spacial score (nSPS) is 16.1. The highest BCUT2D eigenvalue weighted by Crippen LogP contribution is 2.27. The van der Waals surface area contributed by atoms with Crippen LogP contribution >= 0.6 is 11.8 Å². The molecule has 3 rings (SSSR count). The molecule has 1 aromatic heterocycles. The number of nitrogens with one attached hydrogen (secondary N) is 1. The number of benzene rings is 1. The maximum Gasteiger partial charge on any atom is 0.257 e. The van der Waals surface area contributed by atoms with Crippen molar-refractivity contribution in [3.05, 3.63) is 45.9 Å². The van der Waals surface area contributed by atoms with E-state index in [0.717, 1.165) is 22.6 Å². The number of anilines is 2. The molecule has 0 spiro atoms. The number of nitrogens with zero attached hydrogens (tertiary/aromatic N) is 3. The van der Waals surface area contributed by atoms with Gasteiger partial charge in [0.05, 0.1) is 5.92 Å². The quantitative estimate of drug-likeness (QED) is 0.836. The van der Waals surface area contributed by atoms with Crippen LogP contribution in [-0.2, 0) is 17.8 Å². The van der Waals surface area contributed by atoms with Crippen LogP contribution in [0.3, 0.4) is 0 Å². The van der Waals surface area contributed by atoms with Crippen LogP contribution in [0.5, 0.6) is 0 Å². The first-order valence-electron chi connectivity index (χ1n) is 8.72. The van der Waals surface area contributed by atoms with Gasteiger partial charge in [-0.3, -0.25) is 14.2 Å². The number of hydrogen-bond donors (Lipinski definition) is 1. The van der Waals surface area contributed by atoms with E-state index < -0.39 is 0 Å². The average molecular weight is 372 g/mol. The van der Waals surface area contributed by atoms with Crippen LogP contribution in [0.25, 0.3) is 0 Å². The molecule has 7 heteroatoms. The van der Waals surface area contributed by atoms with Gasteiger partial charge in [-0.15, -0.1) is 0 Å². The molecule has 1 aromatic carbocycles. The Kier molecular flexibility index (Phi) is 5.36. The summed E-state index contributed by atoms with van der Waals surface area (Å²) in [7, 11) is 3.95. The van der Waals surface area contributed by atoms with Crippen molar-refractivity contribution in [1.82, 2.24) is 9.55 Å². The van der Waals surface area contributed by atoms with Gasteiger partial charge in [-0.1, -0.05) is 18.7 Å². The largest absolute Gasteiger partial charge is 0.378 e. The molecule has 0 saturated carbocycles. The zero-order valence-corrected chi connectivity index (χ0v) is 16.4. The lowest BCUT2D eigenvalue weighted by Crippen LogP contribution is -2.38. The Morgan fingerprint density at radius 2 is 2.04 bits per heavy atom. The molecule has 1 amide bonds. The lowest BCUT2D eigenvalue weighted by Gasteiger charge is -2.25. The summed E-state index contributed by atoms with van der Waals surface area (Å²) in [6, 6.07) is 7.71. The third-order valence-electron chi connectivity index (χ3n) is 4.63. The number of carbonyl (C=O) groups is 1. The van der Waals surface area contributed by atoms with E-state index in [9.17, 15) is 9.59 Å². The summed E-state index contributed by atoms with van der Waals surface area (Å²) in [5, 5.41) is 3.67. The van der Waals surface area contributed by atoms with Crippen molar-refractivity contribution < 1.29 is 4.79 Å². The molecule has 0 saturated heterocycles. The molecule has 0 bridgehead atoms. The lowest BCUT2D eigenvalue weighted by atomic mass is 10.1. The average Bonchev–Trinajstić information content (AvgIpc) is 2.62. The summed E-state index contributed by atoms with van der Waals surface area (Å²) in [6.45, 7) is 4.21. The van der Waals surface area contributed by atoms with Crippen molar-refractivity contribution >= 4 is 29.0 Å². The van der Waals surface area contributed by atoms with Gasteiger partial charge in [0.1, 0.15) is 0 Å². The number of amides is 1. The number of fused-ring (bicyclic) bond motifs is 1. The predicted octanol–water partition coefficient (Wildman–Crippen LogP) is 2.54. The summed E-state index contributed by atoms with van der Waals surface area (Å²) < 4.78 is 1.65. The zero-order valence-electron chi connectivity index (χ0n) is 15.6. The molecule has 1 unspecified atom stereocenters. The molecular formula is C19H24N4O2S. The molecule has 2 heterocycles. The standard InChI is InChI=1S/C19H24N4O2S/c1-5-16-12(2)20-19-23(18(16)25)10-13(11-26-19)17(24)21-14-6-8-15(9-7-14)22(3)4/h6-9,13H,5,10-11H2,1-4H3,(H,21,24). The summed E-state index contributed by atoms with van der Waals surface area (Å²) >= 11 is 1.47. The third-order valence-corrected chi connectivity index (χ3v) is 5.77. The van der Waals surface area contributed by atoms with Gasteiger partial charge in [0.25, 0.3) is 5.56 Å². The zero-order chi connectivity index (χ0) is 18.8. The Morgan fingerprint density at radius 3 is 2.65 bits per heavy atom. The molecule has 1 aliphatic rings. The molecule has 1 aliphatic heterocycles. The minimum atomic E-state index is -0.257. The van der Waals surface area contributed by atoms with Crippen molar-refractivity contribution in [2.75, 3.05) is 30.1 Å². The third kappa shape index (κ3) is 3.62. The first-order chi connectivity index (χ1) is 12.4. The van der Waals surface area contributed by atoms with Gasteiger partial charge in [-0.2, -0.15) is 0 Å². The molecule has 2 aromatic rings. The summed E-state index contributed by atoms with van der Waals surface area (Å²) in [5.41, 5.74) is 3.34. The minimum absolute atomic E-state index is 0.0182. The predicted molar refractivity (Wildman–Crippen MR) is 106 cm³/mol. The van der Waals surface area contributed by atoms with Gasteiger partial charge in [-0.05, 0) is 37.6 Å². The van der Waals surface area contributed by atoms with Crippen LogP contribution in [-0.4, -0.2) is 35.3 Å². The van der Waals surface area contributed by atoms with Crippen LogP contribution < -0.4 is 15.8 Å². The van der Waals surface area contributed by atoms with E-state index in [1.165, 1.54) is 11.8 Å². The van der Waals surface area contributed by atoms with Crippen molar-refractivity contribution in [2.24, 2.45) is 5.92 Å². The first kappa shape index (κ1) is 18.5. The Labute approximate surface area is 157 Å². The first-order valence-corrected chi connectivity index (χ1v) is 9.70. The second-order valence-electron chi connectivity index (χ2n) is 6.67. The van der Waals surface area contributed by atoms with E-state index in [2.05, 4.69) is 10.3 Å². The molecule has 1 N–H and O–H groups in total. The summed E-state index contributed by atoms with van der Waals surface area (Å²) in [5.74, 6) is 0.304. The van der Waals surface area contributed by atoms with Crippen LogP contribution in [0.2, 0.25) is 0 Å². The molecule has 138 valence electrons. The summed E-state index contributed by atoms with van der Waals surface area (Å²) in [6.07, 6.45) is 0.650. The molecule has 6 nitrogen and oxygen atoms in total. The Bertz CT molecular complexity index is 874. The number of aryl methyl sites for hydroxylation is 1. The van der Waals surface area contributed by atoms with Crippen LogP contribution in [0.4, 0.5) is 11.4 Å². The number of aromatic nitrogens is 2. The Balaban J connectivity index is 1.76. The molecule has 1 atom stereocenters. The van der Waals surface area contributed by atoms with E-state index in [1.807, 2.05) is 57.1 Å². The van der Waals surface area contributed by atoms with Crippen molar-refractivity contribution in [2.45, 2.75) is 32.0 Å². The maximum absolute atomic E-state index is 12.7. The van der Waals surface area contributed by atoms with Crippen LogP contribution in [0.15, 0.2) is 34.2 Å². The summed E-state index contributed by atoms with van der Waals surface area (Å²) in [4.78, 5) is 31.9. The Morgan fingerprint density at radius 1 is 1.35 bits per heavy atom. The SMILES string of the molecule is CCc1c(C)nc2n(c1=O)CC(C(=O)Nc1ccc(N(C)C)cc1)CS2. The number of rotatable bonds is 4. The number of thioether (sulfide) groups is 1. The fourth-order valence-electron chi connectivity index (χ4n) is 3.05. The van der Waals surface area contributed by atoms with E-state index in [1.54, 1.807) is 4.57 Å². The van der Waals surface area contributed by atoms with Crippen LogP contribution in [0, 0.1) is 12.8 Å². The fraction of sp³-hybridized carbons (Fsp3) is 0.421. The monoisotopic (exact) mass is 372 g/mol. The molecule has 0 radical (unpaired) electrons. The van der Waals surface area contributed by atoms with Gasteiger partial charge >= 0.3 is 0 Å². The fourth-order valence-corrected chi connectivity index (χ4v) is 4.17. The Hall–Kier alpha value is -2.28. The van der Waals surface area contributed by atoms with Gasteiger partial charge in [0.2, 0.25) is 5.91 Å². The maximum atomic E-state index is 12.7. The molecule has 0 fully saturated rings.